The number of methoxy groups -OCH3 is 2. The fraction of sp³-hybridized carbons (Fsp3) is 0.684. The Morgan fingerprint density at radius 3 is 2.41 bits per heavy atom. The maximum atomic E-state index is 12.9. The first-order chi connectivity index (χ1) is 12.7. The number of nitrogens with zero attached hydrogens (tertiary/aromatic N) is 2. The fourth-order valence-corrected chi connectivity index (χ4v) is 3.60. The van der Waals surface area contributed by atoms with Crippen LogP contribution in [-0.2, 0) is 11.3 Å². The summed E-state index contributed by atoms with van der Waals surface area (Å²) in [5.74, 6) is -1.51. The van der Waals surface area contributed by atoms with E-state index in [1.807, 2.05) is 13.0 Å². The summed E-state index contributed by atoms with van der Waals surface area (Å²) >= 11 is 0. The van der Waals surface area contributed by atoms with E-state index in [0.717, 1.165) is 18.7 Å². The molecular formula is C19H28F2N2O4. The zero-order valence-electron chi connectivity index (χ0n) is 16.1. The standard InChI is InChI=1S/C19H28F2N2O4/c1-18(26-3)10-23(11-18)8-15(24)9-27-16-5-4-14(6-17(16)25-2)7-22-12-19(20,21)13-22/h4-6,15,24H,7-13H2,1-3H3. The topological polar surface area (TPSA) is 54.4 Å². The van der Waals surface area contributed by atoms with Crippen LogP contribution in [0, 0.1) is 0 Å². The molecule has 1 atom stereocenters. The van der Waals surface area contributed by atoms with Crippen LogP contribution in [0.5, 0.6) is 11.5 Å². The maximum absolute atomic E-state index is 12.9. The number of hydrogen-bond donors (Lipinski definition) is 1. The monoisotopic (exact) mass is 386 g/mol. The molecule has 2 heterocycles. The molecule has 1 aromatic rings. The predicted molar refractivity (Wildman–Crippen MR) is 96.6 cm³/mol. The molecule has 6 nitrogen and oxygen atoms in total. The summed E-state index contributed by atoms with van der Waals surface area (Å²) in [6, 6.07) is 5.38. The second kappa shape index (κ2) is 7.87. The summed E-state index contributed by atoms with van der Waals surface area (Å²) in [6.45, 7) is 4.30. The van der Waals surface area contributed by atoms with Crippen LogP contribution in [0.3, 0.4) is 0 Å². The maximum Gasteiger partial charge on any atom is 0.272 e. The average Bonchev–Trinajstić information content (AvgIpc) is 2.57. The second-order valence-electron chi connectivity index (χ2n) is 7.77. The zero-order valence-corrected chi connectivity index (χ0v) is 16.1. The highest BCUT2D eigenvalue weighted by atomic mass is 19.3. The van der Waals surface area contributed by atoms with Crippen LogP contribution >= 0.6 is 0 Å². The highest BCUT2D eigenvalue weighted by molar-refractivity contribution is 5.43. The van der Waals surface area contributed by atoms with Gasteiger partial charge in [0.15, 0.2) is 11.5 Å². The van der Waals surface area contributed by atoms with E-state index in [4.69, 9.17) is 14.2 Å². The van der Waals surface area contributed by atoms with Crippen LogP contribution in [0.1, 0.15) is 12.5 Å². The molecule has 0 bridgehead atoms. The lowest BCUT2D eigenvalue weighted by Crippen LogP contribution is -2.62. The Bertz CT molecular complexity index is 645. The number of rotatable bonds is 9. The lowest BCUT2D eigenvalue weighted by molar-refractivity contribution is -0.133. The highest BCUT2D eigenvalue weighted by Crippen LogP contribution is 2.32. The van der Waals surface area contributed by atoms with Crippen molar-refractivity contribution in [1.29, 1.82) is 0 Å². The largest absolute Gasteiger partial charge is 0.493 e. The first-order valence-corrected chi connectivity index (χ1v) is 9.07. The van der Waals surface area contributed by atoms with Crippen LogP contribution in [0.15, 0.2) is 18.2 Å². The number of hydrogen-bond acceptors (Lipinski definition) is 6. The first kappa shape index (κ1) is 20.3. The third-order valence-corrected chi connectivity index (χ3v) is 5.05. The highest BCUT2D eigenvalue weighted by Gasteiger charge is 2.43. The van der Waals surface area contributed by atoms with Gasteiger partial charge in [-0.2, -0.15) is 0 Å². The molecule has 152 valence electrons. The predicted octanol–water partition coefficient (Wildman–Crippen LogP) is 1.61. The quantitative estimate of drug-likeness (QED) is 0.696. The summed E-state index contributed by atoms with van der Waals surface area (Å²) in [4.78, 5) is 3.79. The van der Waals surface area contributed by atoms with Crippen molar-refractivity contribution in [1.82, 2.24) is 9.80 Å². The normalized spacial score (nSPS) is 22.6. The average molecular weight is 386 g/mol. The molecule has 2 aliphatic heterocycles. The molecule has 1 N–H and O–H groups in total. The zero-order chi connectivity index (χ0) is 19.7. The molecule has 0 aromatic heterocycles. The molecule has 8 heteroatoms. The minimum atomic E-state index is -2.57. The van der Waals surface area contributed by atoms with Crippen LogP contribution in [0.2, 0.25) is 0 Å². The van der Waals surface area contributed by atoms with Gasteiger partial charge in [-0.15, -0.1) is 0 Å². The number of β-amino-alcohol motifs (C(OH)–C–C–N with tert-alkyl or cyclic N) is 1. The minimum absolute atomic E-state index is 0.125. The third kappa shape index (κ3) is 5.07. The van der Waals surface area contributed by atoms with Crippen molar-refractivity contribution >= 4 is 0 Å². The van der Waals surface area contributed by atoms with Crippen molar-refractivity contribution in [2.45, 2.75) is 31.1 Å². The van der Waals surface area contributed by atoms with E-state index < -0.39 is 12.0 Å². The Labute approximate surface area is 158 Å². The van der Waals surface area contributed by atoms with Crippen molar-refractivity contribution in [2.75, 3.05) is 53.6 Å². The first-order valence-electron chi connectivity index (χ1n) is 9.07. The SMILES string of the molecule is COc1cc(CN2CC(F)(F)C2)ccc1OCC(O)CN1CC(C)(OC)C1. The van der Waals surface area contributed by atoms with Gasteiger partial charge in [-0.3, -0.25) is 9.80 Å². The van der Waals surface area contributed by atoms with Gasteiger partial charge in [0.25, 0.3) is 5.92 Å². The molecule has 0 amide bonds. The lowest BCUT2D eigenvalue weighted by atomic mass is 9.96. The minimum Gasteiger partial charge on any atom is -0.493 e. The Balaban J connectivity index is 1.47. The van der Waals surface area contributed by atoms with Crippen molar-refractivity contribution in [3.05, 3.63) is 23.8 Å². The molecule has 3 rings (SSSR count). The molecule has 1 unspecified atom stereocenters. The number of aliphatic hydroxyl groups is 1. The van der Waals surface area contributed by atoms with E-state index in [1.54, 1.807) is 24.1 Å². The Morgan fingerprint density at radius 1 is 1.11 bits per heavy atom. The van der Waals surface area contributed by atoms with E-state index in [9.17, 15) is 13.9 Å². The van der Waals surface area contributed by atoms with Gasteiger partial charge in [-0.1, -0.05) is 6.07 Å². The van der Waals surface area contributed by atoms with Crippen molar-refractivity contribution in [3.63, 3.8) is 0 Å². The molecule has 27 heavy (non-hydrogen) atoms. The number of alkyl halides is 2. The van der Waals surface area contributed by atoms with E-state index in [0.29, 0.717) is 24.6 Å². The van der Waals surface area contributed by atoms with Crippen LogP contribution in [0.4, 0.5) is 8.78 Å². The number of aliphatic hydroxyl groups excluding tert-OH is 1. The summed E-state index contributed by atoms with van der Waals surface area (Å²) in [5.41, 5.74) is 0.759. The fourth-order valence-electron chi connectivity index (χ4n) is 3.60. The summed E-state index contributed by atoms with van der Waals surface area (Å²) < 4.78 is 42.3. The van der Waals surface area contributed by atoms with Crippen LogP contribution in [-0.4, -0.2) is 86.1 Å². The van der Waals surface area contributed by atoms with Gasteiger partial charge in [0.2, 0.25) is 0 Å². The van der Waals surface area contributed by atoms with Crippen LogP contribution < -0.4 is 9.47 Å². The summed E-state index contributed by atoms with van der Waals surface area (Å²) in [6.07, 6.45) is -0.626. The van der Waals surface area contributed by atoms with Gasteiger partial charge >= 0.3 is 0 Å². The van der Waals surface area contributed by atoms with Crippen molar-refractivity contribution < 1.29 is 28.1 Å². The molecule has 0 aliphatic carbocycles. The van der Waals surface area contributed by atoms with Gasteiger partial charge in [0.05, 0.1) is 25.8 Å². The molecule has 2 saturated heterocycles. The van der Waals surface area contributed by atoms with Gasteiger partial charge in [-0.05, 0) is 24.6 Å². The third-order valence-electron chi connectivity index (χ3n) is 5.05. The molecular weight excluding hydrogens is 358 g/mol. The van der Waals surface area contributed by atoms with E-state index in [1.165, 1.54) is 7.11 Å². The molecule has 0 saturated carbocycles. The molecule has 0 spiro atoms. The molecule has 2 fully saturated rings. The van der Waals surface area contributed by atoms with Crippen molar-refractivity contribution in [3.8, 4) is 11.5 Å². The van der Waals surface area contributed by atoms with Crippen LogP contribution in [0.25, 0.3) is 0 Å². The van der Waals surface area contributed by atoms with Gasteiger partial charge in [0.1, 0.15) is 12.7 Å². The second-order valence-corrected chi connectivity index (χ2v) is 7.77. The van der Waals surface area contributed by atoms with E-state index >= 15 is 0 Å². The number of benzene rings is 1. The van der Waals surface area contributed by atoms with E-state index in [2.05, 4.69) is 4.90 Å². The molecule has 2 aliphatic rings. The number of halogens is 2. The van der Waals surface area contributed by atoms with Gasteiger partial charge in [-0.25, -0.2) is 8.78 Å². The van der Waals surface area contributed by atoms with Gasteiger partial charge in [0, 0.05) is 33.3 Å². The van der Waals surface area contributed by atoms with Gasteiger partial charge < -0.3 is 19.3 Å². The smallest absolute Gasteiger partial charge is 0.272 e. The Morgan fingerprint density at radius 2 is 1.81 bits per heavy atom. The number of likely N-dealkylation sites (tertiary alicyclic amines) is 2. The molecule has 0 radical (unpaired) electrons. The van der Waals surface area contributed by atoms with Crippen molar-refractivity contribution in [2.24, 2.45) is 0 Å². The van der Waals surface area contributed by atoms with E-state index in [-0.39, 0.29) is 25.3 Å². The Kier molecular flexibility index (Phi) is 5.90. The Hall–Kier alpha value is -1.48. The number of ether oxygens (including phenoxy) is 3. The summed E-state index contributed by atoms with van der Waals surface area (Å²) in [7, 11) is 3.23. The summed E-state index contributed by atoms with van der Waals surface area (Å²) in [5, 5.41) is 10.2. The molecule has 1 aromatic carbocycles. The lowest BCUT2D eigenvalue weighted by Gasteiger charge is -2.47.